The summed E-state index contributed by atoms with van der Waals surface area (Å²) in [5.41, 5.74) is 1.49. The van der Waals surface area contributed by atoms with E-state index >= 15 is 0 Å². The number of anilines is 1. The van der Waals surface area contributed by atoms with Crippen molar-refractivity contribution in [1.29, 1.82) is 0 Å². The summed E-state index contributed by atoms with van der Waals surface area (Å²) in [6.07, 6.45) is 1.09. The van der Waals surface area contributed by atoms with Crippen LogP contribution in [0.15, 0.2) is 58.2 Å². The quantitative estimate of drug-likeness (QED) is 0.478. The van der Waals surface area contributed by atoms with Crippen molar-refractivity contribution in [2.75, 3.05) is 25.0 Å². The third-order valence-corrected chi connectivity index (χ3v) is 7.97. The van der Waals surface area contributed by atoms with Crippen molar-refractivity contribution in [3.63, 3.8) is 0 Å². The van der Waals surface area contributed by atoms with Crippen LogP contribution in [0.1, 0.15) is 25.5 Å². The molecule has 2 aromatic carbocycles. The summed E-state index contributed by atoms with van der Waals surface area (Å²) in [6, 6.07) is 12.9. The van der Waals surface area contributed by atoms with E-state index in [2.05, 4.69) is 15.3 Å². The summed E-state index contributed by atoms with van der Waals surface area (Å²) in [5, 5.41) is 3.16. The number of rotatable bonds is 7. The Kier molecular flexibility index (Phi) is 7.77. The molecule has 11 heteroatoms. The second kappa shape index (κ2) is 10.8. The Hall–Kier alpha value is -3.21. The lowest BCUT2D eigenvalue weighted by Gasteiger charge is -2.31. The number of halogens is 1. The largest absolute Gasteiger partial charge is 0.492 e. The molecule has 190 valence electrons. The van der Waals surface area contributed by atoms with Crippen molar-refractivity contribution in [3.8, 4) is 17.1 Å². The summed E-state index contributed by atoms with van der Waals surface area (Å²) < 4.78 is 33.7. The molecule has 0 aliphatic carbocycles. The van der Waals surface area contributed by atoms with Gasteiger partial charge in [0.2, 0.25) is 15.9 Å². The van der Waals surface area contributed by atoms with Gasteiger partial charge in [-0.25, -0.2) is 13.4 Å². The van der Waals surface area contributed by atoms with Crippen LogP contribution in [0.4, 0.5) is 5.69 Å². The Bertz CT molecular complexity index is 1440. The van der Waals surface area contributed by atoms with E-state index in [1.807, 2.05) is 0 Å². The first-order chi connectivity index (χ1) is 17.2. The molecule has 3 aromatic rings. The van der Waals surface area contributed by atoms with Crippen LogP contribution < -0.4 is 15.6 Å². The molecule has 0 spiro atoms. The Morgan fingerprint density at radius 1 is 1.25 bits per heavy atom. The normalized spacial score (nSPS) is 16.5. The predicted molar refractivity (Wildman–Crippen MR) is 138 cm³/mol. The van der Waals surface area contributed by atoms with Crippen LogP contribution in [-0.2, 0) is 14.8 Å². The number of carbonyl (C=O) groups is 1. The van der Waals surface area contributed by atoms with Crippen LogP contribution in [0.5, 0.6) is 5.75 Å². The fourth-order valence-electron chi connectivity index (χ4n) is 4.18. The van der Waals surface area contributed by atoms with E-state index in [4.69, 9.17) is 16.3 Å². The first-order valence-electron chi connectivity index (χ1n) is 11.6. The molecule has 2 heterocycles. The van der Waals surface area contributed by atoms with Gasteiger partial charge in [0.25, 0.3) is 5.56 Å². The Balaban J connectivity index is 1.52. The third-order valence-electron chi connectivity index (χ3n) is 5.85. The zero-order valence-corrected chi connectivity index (χ0v) is 21.5. The molecule has 0 saturated carbocycles. The van der Waals surface area contributed by atoms with Gasteiger partial charge in [-0.3, -0.25) is 9.59 Å². The zero-order valence-electron chi connectivity index (χ0n) is 20.0. The molecule has 1 atom stereocenters. The molecule has 1 amide bonds. The maximum Gasteiger partial charge on any atom is 0.251 e. The van der Waals surface area contributed by atoms with Crippen molar-refractivity contribution in [1.82, 2.24) is 14.3 Å². The molecule has 1 aliphatic rings. The van der Waals surface area contributed by atoms with Crippen molar-refractivity contribution < 1.29 is 17.9 Å². The maximum atomic E-state index is 13.4. The van der Waals surface area contributed by atoms with Crippen molar-refractivity contribution in [2.45, 2.75) is 31.6 Å². The minimum Gasteiger partial charge on any atom is -0.492 e. The van der Waals surface area contributed by atoms with Crippen molar-refractivity contribution >= 4 is 33.2 Å². The molecule has 4 rings (SSSR count). The Labute approximate surface area is 214 Å². The van der Waals surface area contributed by atoms with E-state index in [-0.39, 0.29) is 33.7 Å². The summed E-state index contributed by atoms with van der Waals surface area (Å²) in [7, 11) is -3.93. The maximum absolute atomic E-state index is 13.4. The minimum atomic E-state index is -3.93. The summed E-state index contributed by atoms with van der Waals surface area (Å²) in [5.74, 6) is -0.191. The van der Waals surface area contributed by atoms with Gasteiger partial charge < -0.3 is 15.0 Å². The van der Waals surface area contributed by atoms with E-state index in [0.717, 1.165) is 0 Å². The molecule has 1 fully saturated rings. The zero-order chi connectivity index (χ0) is 25.9. The highest BCUT2D eigenvalue weighted by atomic mass is 35.5. The smallest absolute Gasteiger partial charge is 0.251 e. The van der Waals surface area contributed by atoms with E-state index in [1.165, 1.54) is 22.5 Å². The molecule has 0 bridgehead atoms. The van der Waals surface area contributed by atoms with Gasteiger partial charge in [0, 0.05) is 41.1 Å². The van der Waals surface area contributed by atoms with Crippen LogP contribution in [0.25, 0.3) is 11.4 Å². The number of benzene rings is 2. The predicted octanol–water partition coefficient (Wildman–Crippen LogP) is 3.84. The van der Waals surface area contributed by atoms with Gasteiger partial charge >= 0.3 is 0 Å². The lowest BCUT2D eigenvalue weighted by molar-refractivity contribution is -0.120. The molecule has 1 aromatic heterocycles. The second-order valence-electron chi connectivity index (χ2n) is 8.53. The Morgan fingerprint density at radius 3 is 2.81 bits per heavy atom. The van der Waals surface area contributed by atoms with Crippen LogP contribution in [-0.4, -0.2) is 48.3 Å². The number of sulfonamides is 1. The third kappa shape index (κ3) is 5.77. The number of aryl methyl sites for hydroxylation is 1. The van der Waals surface area contributed by atoms with Gasteiger partial charge in [-0.05, 0) is 57.0 Å². The molecule has 1 saturated heterocycles. The van der Waals surface area contributed by atoms with Gasteiger partial charge in [-0.1, -0.05) is 23.7 Å². The first-order valence-corrected chi connectivity index (χ1v) is 13.4. The number of nitrogens with zero attached hydrogens (tertiary/aromatic N) is 2. The SMILES string of the molecule is CCOc1ccc(Cl)cc1S(=O)(=O)N1CCCC(C(=O)Nc2cccc(-c3nc(C)cc(=O)[nH]3)c2)C1. The molecular weight excluding hydrogens is 504 g/mol. The first kappa shape index (κ1) is 25.9. The average molecular weight is 531 g/mol. The van der Waals surface area contributed by atoms with E-state index in [0.29, 0.717) is 48.8 Å². The fraction of sp³-hybridized carbons (Fsp3) is 0.320. The summed E-state index contributed by atoms with van der Waals surface area (Å²) in [6.45, 7) is 4.15. The highest BCUT2D eigenvalue weighted by Crippen LogP contribution is 2.32. The van der Waals surface area contributed by atoms with Crippen LogP contribution in [0.2, 0.25) is 5.02 Å². The monoisotopic (exact) mass is 530 g/mol. The summed E-state index contributed by atoms with van der Waals surface area (Å²) >= 11 is 6.08. The van der Waals surface area contributed by atoms with Crippen molar-refractivity contribution in [2.24, 2.45) is 5.92 Å². The van der Waals surface area contributed by atoms with Gasteiger partial charge in [-0.2, -0.15) is 4.31 Å². The van der Waals surface area contributed by atoms with Crippen LogP contribution >= 0.6 is 11.6 Å². The number of nitrogens with one attached hydrogen (secondary N) is 2. The molecule has 36 heavy (non-hydrogen) atoms. The number of aromatic nitrogens is 2. The van der Waals surface area contributed by atoms with Crippen LogP contribution in [0, 0.1) is 12.8 Å². The molecule has 2 N–H and O–H groups in total. The number of carbonyl (C=O) groups excluding carboxylic acids is 1. The Morgan fingerprint density at radius 2 is 2.06 bits per heavy atom. The topological polar surface area (TPSA) is 121 Å². The number of aromatic amines is 1. The van der Waals surface area contributed by atoms with E-state index < -0.39 is 15.9 Å². The minimum absolute atomic E-state index is 0.00902. The molecule has 1 aliphatic heterocycles. The summed E-state index contributed by atoms with van der Waals surface area (Å²) in [4.78, 5) is 31.9. The standard InChI is InChI=1S/C25H27ClN4O5S/c1-3-35-21-10-9-19(26)14-22(21)36(33,34)30-11-5-7-18(15-30)25(32)28-20-8-4-6-17(13-20)24-27-16(2)12-23(31)29-24/h4,6,8-10,12-14,18H,3,5,7,11,15H2,1-2H3,(H,28,32)(H,27,29,31). The number of hydrogen-bond acceptors (Lipinski definition) is 6. The van der Waals surface area contributed by atoms with Crippen molar-refractivity contribution in [3.05, 3.63) is 69.6 Å². The number of piperidine rings is 1. The molecular formula is C25H27ClN4O5S. The fourth-order valence-corrected chi connectivity index (χ4v) is 6.09. The van der Waals surface area contributed by atoms with Gasteiger partial charge in [0.1, 0.15) is 16.5 Å². The number of H-pyrrole nitrogens is 1. The lowest BCUT2D eigenvalue weighted by atomic mass is 9.98. The lowest BCUT2D eigenvalue weighted by Crippen LogP contribution is -2.43. The number of ether oxygens (including phenoxy) is 1. The molecule has 9 nitrogen and oxygen atoms in total. The molecule has 0 radical (unpaired) electrons. The average Bonchev–Trinajstić information content (AvgIpc) is 2.85. The van der Waals surface area contributed by atoms with Crippen LogP contribution in [0.3, 0.4) is 0 Å². The van der Waals surface area contributed by atoms with Gasteiger partial charge in [0.15, 0.2) is 0 Å². The van der Waals surface area contributed by atoms with Gasteiger partial charge in [-0.15, -0.1) is 0 Å². The highest BCUT2D eigenvalue weighted by Gasteiger charge is 2.35. The number of amides is 1. The van der Waals surface area contributed by atoms with E-state index in [1.54, 1.807) is 44.2 Å². The second-order valence-corrected chi connectivity index (χ2v) is 10.9. The van der Waals surface area contributed by atoms with E-state index in [9.17, 15) is 18.0 Å². The molecule has 1 unspecified atom stereocenters. The van der Waals surface area contributed by atoms with Gasteiger partial charge in [0.05, 0.1) is 12.5 Å². The number of hydrogen-bond donors (Lipinski definition) is 2. The highest BCUT2D eigenvalue weighted by molar-refractivity contribution is 7.89.